The van der Waals surface area contributed by atoms with Gasteiger partial charge >= 0.3 is 11.9 Å². The SMILES string of the molecule is CC/C=C\CCOC(=O)CCC(=O)OCCCCCCC. The predicted octanol–water partition coefficient (Wildman–Crippen LogP) is 4.18. The first-order chi connectivity index (χ1) is 10.2. The third-order valence-electron chi connectivity index (χ3n) is 2.99. The molecule has 0 aliphatic heterocycles. The molecule has 0 aliphatic carbocycles. The molecule has 0 aromatic carbocycles. The number of carbonyl (C=O) groups is 2. The van der Waals surface area contributed by atoms with E-state index >= 15 is 0 Å². The fraction of sp³-hybridized carbons (Fsp3) is 0.765. The van der Waals surface area contributed by atoms with Crippen LogP contribution in [0.4, 0.5) is 0 Å². The van der Waals surface area contributed by atoms with Crippen LogP contribution in [-0.2, 0) is 19.1 Å². The Morgan fingerprint density at radius 2 is 1.43 bits per heavy atom. The lowest BCUT2D eigenvalue weighted by molar-refractivity contribution is -0.150. The van der Waals surface area contributed by atoms with Crippen molar-refractivity contribution in [3.8, 4) is 0 Å². The van der Waals surface area contributed by atoms with Crippen LogP contribution in [0, 0.1) is 0 Å². The maximum absolute atomic E-state index is 11.4. The first-order valence-electron chi connectivity index (χ1n) is 8.16. The third-order valence-corrected chi connectivity index (χ3v) is 2.99. The maximum Gasteiger partial charge on any atom is 0.306 e. The molecule has 0 atom stereocenters. The Balaban J connectivity index is 3.42. The number of ether oxygens (including phenoxy) is 2. The topological polar surface area (TPSA) is 52.6 Å². The zero-order valence-corrected chi connectivity index (χ0v) is 13.6. The normalized spacial score (nSPS) is 10.8. The Morgan fingerprint density at radius 1 is 0.810 bits per heavy atom. The van der Waals surface area contributed by atoms with Crippen molar-refractivity contribution in [2.75, 3.05) is 13.2 Å². The predicted molar refractivity (Wildman–Crippen MR) is 84.0 cm³/mol. The van der Waals surface area contributed by atoms with Crippen LogP contribution in [0.2, 0.25) is 0 Å². The van der Waals surface area contributed by atoms with Gasteiger partial charge in [0.25, 0.3) is 0 Å². The molecule has 0 radical (unpaired) electrons. The summed E-state index contributed by atoms with van der Waals surface area (Å²) >= 11 is 0. The van der Waals surface area contributed by atoms with E-state index in [4.69, 9.17) is 9.47 Å². The number of hydrogen-bond acceptors (Lipinski definition) is 4. The minimum absolute atomic E-state index is 0.103. The number of rotatable bonds is 13. The number of hydrogen-bond donors (Lipinski definition) is 0. The highest BCUT2D eigenvalue weighted by Crippen LogP contribution is 2.03. The summed E-state index contributed by atoms with van der Waals surface area (Å²) in [6.45, 7) is 5.05. The maximum atomic E-state index is 11.4. The molecule has 0 spiro atoms. The van der Waals surface area contributed by atoms with Gasteiger partial charge in [0.15, 0.2) is 0 Å². The minimum Gasteiger partial charge on any atom is -0.466 e. The largest absolute Gasteiger partial charge is 0.466 e. The van der Waals surface area contributed by atoms with Gasteiger partial charge in [-0.2, -0.15) is 0 Å². The van der Waals surface area contributed by atoms with Crippen molar-refractivity contribution in [1.82, 2.24) is 0 Å². The van der Waals surface area contributed by atoms with Crippen molar-refractivity contribution < 1.29 is 19.1 Å². The van der Waals surface area contributed by atoms with Crippen molar-refractivity contribution in [3.63, 3.8) is 0 Å². The lowest BCUT2D eigenvalue weighted by atomic mass is 10.2. The van der Waals surface area contributed by atoms with Crippen LogP contribution in [0.3, 0.4) is 0 Å². The smallest absolute Gasteiger partial charge is 0.306 e. The van der Waals surface area contributed by atoms with Gasteiger partial charge in [-0.15, -0.1) is 0 Å². The highest BCUT2D eigenvalue weighted by molar-refractivity contribution is 5.77. The standard InChI is InChI=1S/C17H30O4/c1-3-5-7-9-11-15-21-17(19)13-12-16(18)20-14-10-8-6-4-2/h6,8H,3-5,7,9-15H2,1-2H3/b8-6-. The summed E-state index contributed by atoms with van der Waals surface area (Å²) < 4.78 is 10.1. The van der Waals surface area contributed by atoms with Gasteiger partial charge in [-0.05, 0) is 19.3 Å². The van der Waals surface area contributed by atoms with Crippen LogP contribution >= 0.6 is 0 Å². The first-order valence-corrected chi connectivity index (χ1v) is 8.16. The van der Waals surface area contributed by atoms with Crippen molar-refractivity contribution in [3.05, 3.63) is 12.2 Å². The molecule has 4 nitrogen and oxygen atoms in total. The van der Waals surface area contributed by atoms with Crippen LogP contribution in [-0.4, -0.2) is 25.2 Å². The second kappa shape index (κ2) is 15.1. The second-order valence-electron chi connectivity index (χ2n) is 5.02. The summed E-state index contributed by atoms with van der Waals surface area (Å²) in [5.74, 6) is -0.645. The quantitative estimate of drug-likeness (QED) is 0.291. The fourth-order valence-corrected chi connectivity index (χ4v) is 1.77. The van der Waals surface area contributed by atoms with Gasteiger partial charge in [0, 0.05) is 0 Å². The van der Waals surface area contributed by atoms with Crippen molar-refractivity contribution >= 4 is 11.9 Å². The van der Waals surface area contributed by atoms with Crippen LogP contribution in [0.5, 0.6) is 0 Å². The van der Waals surface area contributed by atoms with E-state index in [9.17, 15) is 9.59 Å². The summed E-state index contributed by atoms with van der Waals surface area (Å²) in [7, 11) is 0. The lowest BCUT2D eigenvalue weighted by Crippen LogP contribution is -2.11. The zero-order chi connectivity index (χ0) is 15.8. The van der Waals surface area contributed by atoms with Gasteiger partial charge in [-0.1, -0.05) is 51.7 Å². The molecule has 0 saturated carbocycles. The van der Waals surface area contributed by atoms with Gasteiger partial charge in [0.05, 0.1) is 26.1 Å². The van der Waals surface area contributed by atoms with Gasteiger partial charge in [-0.3, -0.25) is 9.59 Å². The number of esters is 2. The number of carbonyl (C=O) groups excluding carboxylic acids is 2. The van der Waals surface area contributed by atoms with Crippen molar-refractivity contribution in [2.45, 2.75) is 71.6 Å². The van der Waals surface area contributed by atoms with E-state index in [-0.39, 0.29) is 24.8 Å². The lowest BCUT2D eigenvalue weighted by Gasteiger charge is -2.05. The molecule has 0 fully saturated rings. The zero-order valence-electron chi connectivity index (χ0n) is 13.6. The summed E-state index contributed by atoms with van der Waals surface area (Å²) in [6.07, 6.45) is 11.6. The molecule has 0 aromatic heterocycles. The summed E-state index contributed by atoms with van der Waals surface area (Å²) in [5.41, 5.74) is 0. The van der Waals surface area contributed by atoms with Gasteiger partial charge in [0.1, 0.15) is 0 Å². The van der Waals surface area contributed by atoms with E-state index in [1.165, 1.54) is 19.3 Å². The van der Waals surface area contributed by atoms with Crippen molar-refractivity contribution in [1.29, 1.82) is 0 Å². The average molecular weight is 298 g/mol. The number of allylic oxidation sites excluding steroid dienone is 1. The molecule has 0 N–H and O–H groups in total. The van der Waals surface area contributed by atoms with Crippen LogP contribution in [0.1, 0.15) is 71.6 Å². The van der Waals surface area contributed by atoms with E-state index in [1.54, 1.807) is 0 Å². The summed E-state index contributed by atoms with van der Waals surface area (Å²) in [6, 6.07) is 0. The highest BCUT2D eigenvalue weighted by atomic mass is 16.5. The molecular formula is C17H30O4. The Bertz CT molecular complexity index is 297. The third kappa shape index (κ3) is 14.9. The van der Waals surface area contributed by atoms with E-state index in [2.05, 4.69) is 13.8 Å². The first kappa shape index (κ1) is 19.7. The van der Waals surface area contributed by atoms with Crippen molar-refractivity contribution in [2.24, 2.45) is 0 Å². The molecule has 0 aliphatic rings. The van der Waals surface area contributed by atoms with E-state index in [0.717, 1.165) is 25.7 Å². The fourth-order valence-electron chi connectivity index (χ4n) is 1.77. The summed E-state index contributed by atoms with van der Waals surface area (Å²) in [5, 5.41) is 0. The molecule has 4 heteroatoms. The minimum atomic E-state index is -0.334. The van der Waals surface area contributed by atoms with Crippen LogP contribution in [0.25, 0.3) is 0 Å². The molecule has 0 saturated heterocycles. The van der Waals surface area contributed by atoms with Gasteiger partial charge in [0.2, 0.25) is 0 Å². The molecule has 0 rings (SSSR count). The van der Waals surface area contributed by atoms with E-state index < -0.39 is 0 Å². The van der Waals surface area contributed by atoms with Crippen LogP contribution < -0.4 is 0 Å². The van der Waals surface area contributed by atoms with E-state index in [1.807, 2.05) is 12.2 Å². The summed E-state index contributed by atoms with van der Waals surface area (Å²) in [4.78, 5) is 22.8. The van der Waals surface area contributed by atoms with Gasteiger partial charge in [-0.25, -0.2) is 0 Å². The number of unbranched alkanes of at least 4 members (excludes halogenated alkanes) is 4. The van der Waals surface area contributed by atoms with E-state index in [0.29, 0.717) is 13.2 Å². The molecule has 0 aromatic rings. The molecular weight excluding hydrogens is 268 g/mol. The average Bonchev–Trinajstić information content (AvgIpc) is 2.48. The van der Waals surface area contributed by atoms with Gasteiger partial charge < -0.3 is 9.47 Å². The highest BCUT2D eigenvalue weighted by Gasteiger charge is 2.08. The Kier molecular flexibility index (Phi) is 14.1. The Morgan fingerprint density at radius 3 is 2.05 bits per heavy atom. The van der Waals surface area contributed by atoms with Crippen LogP contribution in [0.15, 0.2) is 12.2 Å². The molecule has 21 heavy (non-hydrogen) atoms. The molecule has 0 bridgehead atoms. The Labute approximate surface area is 128 Å². The Hall–Kier alpha value is -1.32. The molecule has 0 amide bonds. The molecule has 0 unspecified atom stereocenters. The molecule has 0 heterocycles. The second-order valence-corrected chi connectivity index (χ2v) is 5.02. The monoisotopic (exact) mass is 298 g/mol. The molecule has 122 valence electrons.